The van der Waals surface area contributed by atoms with E-state index in [1.165, 1.54) is 7.11 Å². The lowest BCUT2D eigenvalue weighted by molar-refractivity contribution is 0.0973. The highest BCUT2D eigenvalue weighted by Crippen LogP contribution is 2.25. The summed E-state index contributed by atoms with van der Waals surface area (Å²) in [4.78, 5) is 11.9. The first kappa shape index (κ1) is 11.9. The van der Waals surface area contributed by atoms with Crippen molar-refractivity contribution in [2.45, 2.75) is 0 Å². The van der Waals surface area contributed by atoms with Gasteiger partial charge in [-0.25, -0.2) is 0 Å². The van der Waals surface area contributed by atoms with E-state index in [0.717, 1.165) is 10.8 Å². The van der Waals surface area contributed by atoms with Gasteiger partial charge in [-0.1, -0.05) is 24.3 Å². The lowest BCUT2D eigenvalue weighted by Gasteiger charge is -2.10. The van der Waals surface area contributed by atoms with Gasteiger partial charge in [-0.2, -0.15) is 0 Å². The highest BCUT2D eigenvalue weighted by Gasteiger charge is 2.13. The van der Waals surface area contributed by atoms with E-state index in [1.807, 2.05) is 24.3 Å². The van der Waals surface area contributed by atoms with Gasteiger partial charge in [-0.3, -0.25) is 15.5 Å². The fourth-order valence-corrected chi connectivity index (χ4v) is 1.76. The Labute approximate surface area is 104 Å². The molecule has 0 radical (unpaired) electrons. The number of methoxy groups -OCH3 is 1. The summed E-state index contributed by atoms with van der Waals surface area (Å²) in [5.41, 5.74) is 5.50. The van der Waals surface area contributed by atoms with E-state index in [4.69, 9.17) is 15.9 Å². The molecule has 5 nitrogen and oxygen atoms in total. The Bertz CT molecular complexity index is 623. The molecular weight excluding hydrogens is 230 g/mol. The molecule has 2 aromatic rings. The number of guanidine groups is 1. The molecule has 0 unspecified atom stereocenters. The summed E-state index contributed by atoms with van der Waals surface area (Å²) in [5, 5.41) is 11.2. The molecular formula is C13H13N3O2. The molecule has 0 atom stereocenters. The summed E-state index contributed by atoms with van der Waals surface area (Å²) in [6, 6.07) is 11.1. The van der Waals surface area contributed by atoms with E-state index < -0.39 is 11.9 Å². The Kier molecular flexibility index (Phi) is 3.14. The number of amides is 1. The summed E-state index contributed by atoms with van der Waals surface area (Å²) < 4.78 is 5.18. The van der Waals surface area contributed by atoms with Crippen LogP contribution in [0, 0.1) is 5.41 Å². The van der Waals surface area contributed by atoms with Crippen molar-refractivity contribution in [1.82, 2.24) is 5.32 Å². The molecule has 2 aromatic carbocycles. The van der Waals surface area contributed by atoms with Gasteiger partial charge in [0.1, 0.15) is 5.75 Å². The fraction of sp³-hybridized carbons (Fsp3) is 0.0769. The number of benzene rings is 2. The van der Waals surface area contributed by atoms with Crippen LogP contribution >= 0.6 is 0 Å². The first-order chi connectivity index (χ1) is 8.61. The standard InChI is InChI=1S/C13H13N3O2/c1-18-11-7-9-5-3-2-4-8(9)6-10(11)12(17)16-13(14)15/h2-7H,1H3,(H4,14,15,16,17). The minimum absolute atomic E-state index is 0.353. The van der Waals surface area contributed by atoms with E-state index in [2.05, 4.69) is 5.32 Å². The Hall–Kier alpha value is -2.56. The molecule has 0 saturated carbocycles. The Balaban J connectivity index is 2.54. The van der Waals surface area contributed by atoms with Crippen LogP contribution < -0.4 is 15.8 Å². The van der Waals surface area contributed by atoms with Gasteiger partial charge >= 0.3 is 0 Å². The summed E-state index contributed by atoms with van der Waals surface area (Å²) in [6.07, 6.45) is 0. The van der Waals surface area contributed by atoms with Crippen molar-refractivity contribution in [3.63, 3.8) is 0 Å². The first-order valence-corrected chi connectivity index (χ1v) is 5.34. The number of nitrogens with two attached hydrogens (primary N) is 1. The molecule has 1 amide bonds. The van der Waals surface area contributed by atoms with E-state index in [-0.39, 0.29) is 0 Å². The molecule has 0 bridgehead atoms. The number of rotatable bonds is 2. The normalized spacial score (nSPS) is 10.1. The minimum atomic E-state index is -0.454. The van der Waals surface area contributed by atoms with Gasteiger partial charge in [-0.05, 0) is 22.9 Å². The van der Waals surface area contributed by atoms with E-state index in [0.29, 0.717) is 11.3 Å². The number of carbonyl (C=O) groups is 1. The molecule has 0 fully saturated rings. The van der Waals surface area contributed by atoms with E-state index in [9.17, 15) is 4.79 Å². The summed E-state index contributed by atoms with van der Waals surface area (Å²) in [7, 11) is 1.49. The maximum absolute atomic E-state index is 11.9. The zero-order valence-corrected chi connectivity index (χ0v) is 9.86. The Morgan fingerprint density at radius 1 is 1.28 bits per heavy atom. The highest BCUT2D eigenvalue weighted by atomic mass is 16.5. The van der Waals surface area contributed by atoms with Gasteiger partial charge in [0.2, 0.25) is 0 Å². The third-order valence-corrected chi connectivity index (χ3v) is 2.56. The van der Waals surface area contributed by atoms with Crippen LogP contribution in [-0.2, 0) is 0 Å². The molecule has 0 aliphatic rings. The Morgan fingerprint density at radius 3 is 2.44 bits per heavy atom. The maximum atomic E-state index is 11.9. The number of hydrogen-bond acceptors (Lipinski definition) is 3. The third kappa shape index (κ3) is 2.24. The number of nitrogens with one attached hydrogen (secondary N) is 2. The quantitative estimate of drug-likeness (QED) is 0.551. The van der Waals surface area contributed by atoms with E-state index >= 15 is 0 Å². The molecule has 5 heteroatoms. The topological polar surface area (TPSA) is 88.2 Å². The Morgan fingerprint density at radius 2 is 1.89 bits per heavy atom. The van der Waals surface area contributed by atoms with Crippen LogP contribution in [0.4, 0.5) is 0 Å². The van der Waals surface area contributed by atoms with Crippen molar-refractivity contribution in [1.29, 1.82) is 5.41 Å². The third-order valence-electron chi connectivity index (χ3n) is 2.56. The zero-order valence-electron chi connectivity index (χ0n) is 9.86. The van der Waals surface area contributed by atoms with Crippen molar-refractivity contribution >= 4 is 22.6 Å². The molecule has 0 saturated heterocycles. The van der Waals surface area contributed by atoms with Gasteiger partial charge in [0.05, 0.1) is 12.7 Å². The second-order valence-electron chi connectivity index (χ2n) is 3.77. The van der Waals surface area contributed by atoms with Gasteiger partial charge in [-0.15, -0.1) is 0 Å². The molecule has 0 aliphatic carbocycles. The molecule has 18 heavy (non-hydrogen) atoms. The van der Waals surface area contributed by atoms with Crippen LogP contribution in [0.25, 0.3) is 10.8 Å². The highest BCUT2D eigenvalue weighted by molar-refractivity contribution is 6.08. The predicted octanol–water partition coefficient (Wildman–Crippen LogP) is 1.47. The monoisotopic (exact) mass is 243 g/mol. The molecule has 0 aliphatic heterocycles. The van der Waals surface area contributed by atoms with Gasteiger partial charge in [0, 0.05) is 0 Å². The number of carbonyl (C=O) groups excluding carboxylic acids is 1. The zero-order chi connectivity index (χ0) is 13.1. The lowest BCUT2D eigenvalue weighted by atomic mass is 10.1. The maximum Gasteiger partial charge on any atom is 0.261 e. The molecule has 0 spiro atoms. The SMILES string of the molecule is COc1cc2ccccc2cc1C(=O)NC(=N)N. The second kappa shape index (κ2) is 4.75. The number of fused-ring (bicyclic) bond motifs is 1. The van der Waals surface area contributed by atoms with Crippen LogP contribution in [0.1, 0.15) is 10.4 Å². The average molecular weight is 243 g/mol. The smallest absolute Gasteiger partial charge is 0.261 e. The average Bonchev–Trinajstić information content (AvgIpc) is 2.36. The molecule has 92 valence electrons. The van der Waals surface area contributed by atoms with Crippen molar-refractivity contribution in [3.8, 4) is 5.75 Å². The fourth-order valence-electron chi connectivity index (χ4n) is 1.76. The van der Waals surface area contributed by atoms with Crippen molar-refractivity contribution in [2.75, 3.05) is 7.11 Å². The minimum Gasteiger partial charge on any atom is -0.496 e. The van der Waals surface area contributed by atoms with Crippen LogP contribution in [0.15, 0.2) is 36.4 Å². The summed E-state index contributed by atoms with van der Waals surface area (Å²) >= 11 is 0. The lowest BCUT2D eigenvalue weighted by Crippen LogP contribution is -2.35. The van der Waals surface area contributed by atoms with Crippen LogP contribution in [-0.4, -0.2) is 19.0 Å². The summed E-state index contributed by atoms with van der Waals surface area (Å²) in [6.45, 7) is 0. The first-order valence-electron chi connectivity index (χ1n) is 5.34. The second-order valence-corrected chi connectivity index (χ2v) is 3.77. The molecule has 0 aromatic heterocycles. The number of hydrogen-bond donors (Lipinski definition) is 3. The van der Waals surface area contributed by atoms with Crippen molar-refractivity contribution in [3.05, 3.63) is 42.0 Å². The van der Waals surface area contributed by atoms with Crippen molar-refractivity contribution < 1.29 is 9.53 Å². The molecule has 0 heterocycles. The van der Waals surface area contributed by atoms with Gasteiger partial charge in [0.25, 0.3) is 5.91 Å². The largest absolute Gasteiger partial charge is 0.496 e. The van der Waals surface area contributed by atoms with Gasteiger partial charge < -0.3 is 10.5 Å². The van der Waals surface area contributed by atoms with E-state index in [1.54, 1.807) is 12.1 Å². The van der Waals surface area contributed by atoms with Gasteiger partial charge in [0.15, 0.2) is 5.96 Å². The van der Waals surface area contributed by atoms with Crippen molar-refractivity contribution in [2.24, 2.45) is 5.73 Å². The van der Waals surface area contributed by atoms with Crippen LogP contribution in [0.2, 0.25) is 0 Å². The molecule has 2 rings (SSSR count). The molecule has 4 N–H and O–H groups in total. The van der Waals surface area contributed by atoms with Crippen LogP contribution in [0.3, 0.4) is 0 Å². The predicted molar refractivity (Wildman–Crippen MR) is 69.9 cm³/mol. The summed E-state index contributed by atoms with van der Waals surface area (Å²) in [5.74, 6) is -0.396. The number of ether oxygens (including phenoxy) is 1. The van der Waals surface area contributed by atoms with Crippen LogP contribution in [0.5, 0.6) is 5.75 Å².